The smallest absolute Gasteiger partial charge is 0.348 e. The van der Waals surface area contributed by atoms with Crippen LogP contribution in [0.3, 0.4) is 0 Å². The van der Waals surface area contributed by atoms with Gasteiger partial charge in [0.1, 0.15) is 11.6 Å². The lowest BCUT2D eigenvalue weighted by Crippen LogP contribution is -2.42. The van der Waals surface area contributed by atoms with Crippen molar-refractivity contribution in [2.24, 2.45) is 5.92 Å². The maximum atomic E-state index is 12.5. The number of esters is 2. The monoisotopic (exact) mass is 349 g/mol. The summed E-state index contributed by atoms with van der Waals surface area (Å²) in [6.07, 6.45) is -0.0291. The molecule has 0 amide bonds. The van der Waals surface area contributed by atoms with E-state index in [9.17, 15) is 9.59 Å². The summed E-state index contributed by atoms with van der Waals surface area (Å²) in [7, 11) is 1.72. The Labute approximate surface area is 151 Å². The molecule has 0 fully saturated rings. The average molecular weight is 349 g/mol. The molecule has 0 spiro atoms. The zero-order valence-electron chi connectivity index (χ0n) is 16.2. The van der Waals surface area contributed by atoms with Crippen molar-refractivity contribution in [3.8, 4) is 0 Å². The van der Waals surface area contributed by atoms with E-state index >= 15 is 0 Å². The summed E-state index contributed by atoms with van der Waals surface area (Å²) < 4.78 is 11.0. The Balaban J connectivity index is 2.89. The first-order chi connectivity index (χ1) is 11.6. The first-order valence-corrected chi connectivity index (χ1v) is 8.77. The molecule has 0 bridgehead atoms. The zero-order valence-corrected chi connectivity index (χ0v) is 16.2. The van der Waals surface area contributed by atoms with Gasteiger partial charge >= 0.3 is 11.9 Å². The van der Waals surface area contributed by atoms with Gasteiger partial charge in [-0.3, -0.25) is 4.79 Å². The number of carbonyl (C=O) groups excluding carboxylic acids is 2. The second kappa shape index (κ2) is 9.56. The number of hydrogen-bond acceptors (Lipinski definition) is 5. The van der Waals surface area contributed by atoms with Crippen LogP contribution in [-0.2, 0) is 25.5 Å². The Morgan fingerprint density at radius 3 is 2.16 bits per heavy atom. The van der Waals surface area contributed by atoms with Crippen LogP contribution in [0.5, 0.6) is 0 Å². The number of carbonyl (C=O) groups is 2. The van der Waals surface area contributed by atoms with E-state index in [1.165, 1.54) is 0 Å². The first-order valence-electron chi connectivity index (χ1n) is 8.77. The van der Waals surface area contributed by atoms with Crippen LogP contribution in [0.4, 0.5) is 0 Å². The molecule has 140 valence electrons. The van der Waals surface area contributed by atoms with E-state index in [1.54, 1.807) is 27.8 Å². The van der Waals surface area contributed by atoms with Crippen molar-refractivity contribution >= 4 is 11.9 Å². The minimum atomic E-state index is -0.961. The van der Waals surface area contributed by atoms with Crippen LogP contribution in [0.2, 0.25) is 0 Å². The SMILES string of the molecule is CN[C@@H](CC(C)C)C(=O)O[C@H](Cc1ccccc1)C(=O)OC(C)(C)C. The maximum absolute atomic E-state index is 12.5. The second-order valence-corrected chi connectivity index (χ2v) is 7.62. The molecule has 5 heteroatoms. The lowest BCUT2D eigenvalue weighted by atomic mass is 10.0. The molecule has 1 aromatic carbocycles. The summed E-state index contributed by atoms with van der Waals surface area (Å²) in [5.41, 5.74) is 0.273. The van der Waals surface area contributed by atoms with Crippen LogP contribution in [-0.4, -0.2) is 36.7 Å². The standard InChI is InChI=1S/C20H31NO4/c1-14(2)12-16(21-6)18(22)24-17(19(23)25-20(3,4)5)13-15-10-8-7-9-11-15/h7-11,14,16-17,21H,12-13H2,1-6H3/t16-,17+/m0/s1. The summed E-state index contributed by atoms with van der Waals surface area (Å²) in [6.45, 7) is 9.45. The molecule has 0 aliphatic heterocycles. The van der Waals surface area contributed by atoms with Gasteiger partial charge in [-0.05, 0) is 45.7 Å². The van der Waals surface area contributed by atoms with Crippen LogP contribution in [0.25, 0.3) is 0 Å². The van der Waals surface area contributed by atoms with Crippen LogP contribution in [0, 0.1) is 5.92 Å². The van der Waals surface area contributed by atoms with Crippen LogP contribution < -0.4 is 5.32 Å². The molecule has 1 aromatic rings. The quantitative estimate of drug-likeness (QED) is 0.731. The Hall–Kier alpha value is -1.88. The van der Waals surface area contributed by atoms with Crippen LogP contribution in [0.15, 0.2) is 30.3 Å². The van der Waals surface area contributed by atoms with E-state index in [2.05, 4.69) is 5.32 Å². The van der Waals surface area contributed by atoms with Crippen molar-refractivity contribution in [1.82, 2.24) is 5.32 Å². The van der Waals surface area contributed by atoms with E-state index in [-0.39, 0.29) is 0 Å². The summed E-state index contributed by atoms with van der Waals surface area (Å²) in [6, 6.07) is 9.03. The molecule has 1 rings (SSSR count). The molecule has 0 saturated carbocycles. The summed E-state index contributed by atoms with van der Waals surface area (Å²) >= 11 is 0. The highest BCUT2D eigenvalue weighted by Crippen LogP contribution is 2.15. The van der Waals surface area contributed by atoms with Gasteiger partial charge in [-0.1, -0.05) is 44.2 Å². The summed E-state index contributed by atoms with van der Waals surface area (Å²) in [5, 5.41) is 2.96. The number of likely N-dealkylation sites (N-methyl/N-ethyl adjacent to an activating group) is 1. The Bertz CT molecular complexity index is 549. The molecule has 1 N–H and O–H groups in total. The average Bonchev–Trinajstić information content (AvgIpc) is 2.51. The number of nitrogens with one attached hydrogen (secondary N) is 1. The Kier molecular flexibility index (Phi) is 8.10. The summed E-state index contributed by atoms with van der Waals surface area (Å²) in [4.78, 5) is 25.0. The largest absolute Gasteiger partial charge is 0.457 e. The molecule has 2 atom stereocenters. The maximum Gasteiger partial charge on any atom is 0.348 e. The van der Waals surface area contributed by atoms with Crippen LogP contribution >= 0.6 is 0 Å². The fourth-order valence-electron chi connectivity index (χ4n) is 2.39. The third-order valence-electron chi connectivity index (χ3n) is 3.53. The van der Waals surface area contributed by atoms with Crippen molar-refractivity contribution in [3.63, 3.8) is 0 Å². The number of hydrogen-bond donors (Lipinski definition) is 1. The van der Waals surface area contributed by atoms with E-state index in [4.69, 9.17) is 9.47 Å². The minimum absolute atomic E-state index is 0.291. The van der Waals surface area contributed by atoms with E-state index in [0.29, 0.717) is 18.8 Å². The van der Waals surface area contributed by atoms with Gasteiger partial charge < -0.3 is 14.8 Å². The second-order valence-electron chi connectivity index (χ2n) is 7.62. The van der Waals surface area contributed by atoms with E-state index < -0.39 is 29.7 Å². The zero-order chi connectivity index (χ0) is 19.0. The number of rotatable bonds is 8. The predicted octanol–water partition coefficient (Wildman–Crippen LogP) is 3.12. The molecule has 0 radical (unpaired) electrons. The van der Waals surface area contributed by atoms with Crippen molar-refractivity contribution < 1.29 is 19.1 Å². The molecule has 0 unspecified atom stereocenters. The highest BCUT2D eigenvalue weighted by molar-refractivity contribution is 5.82. The van der Waals surface area contributed by atoms with E-state index in [1.807, 2.05) is 44.2 Å². The van der Waals surface area contributed by atoms with Gasteiger partial charge in [-0.15, -0.1) is 0 Å². The topological polar surface area (TPSA) is 64.6 Å². The molecule has 5 nitrogen and oxygen atoms in total. The van der Waals surface area contributed by atoms with Gasteiger partial charge in [0.25, 0.3) is 0 Å². The molecular weight excluding hydrogens is 318 g/mol. The van der Waals surface area contributed by atoms with Crippen molar-refractivity contribution in [3.05, 3.63) is 35.9 Å². The number of ether oxygens (including phenoxy) is 2. The molecule has 0 aliphatic carbocycles. The van der Waals surface area contributed by atoms with Gasteiger partial charge in [0.2, 0.25) is 6.10 Å². The lowest BCUT2D eigenvalue weighted by molar-refractivity contribution is -0.176. The highest BCUT2D eigenvalue weighted by Gasteiger charge is 2.31. The first kappa shape index (κ1) is 21.2. The molecule has 0 heterocycles. The Morgan fingerprint density at radius 1 is 1.08 bits per heavy atom. The van der Waals surface area contributed by atoms with Gasteiger partial charge in [-0.25, -0.2) is 4.79 Å². The van der Waals surface area contributed by atoms with Gasteiger partial charge in [0.05, 0.1) is 0 Å². The molecule has 0 saturated heterocycles. The fourth-order valence-corrected chi connectivity index (χ4v) is 2.39. The highest BCUT2D eigenvalue weighted by atomic mass is 16.6. The summed E-state index contributed by atoms with van der Waals surface area (Å²) in [5.74, 6) is -0.619. The van der Waals surface area contributed by atoms with Gasteiger partial charge in [0, 0.05) is 6.42 Å². The Morgan fingerprint density at radius 2 is 1.68 bits per heavy atom. The van der Waals surface area contributed by atoms with Gasteiger partial charge in [0.15, 0.2) is 0 Å². The van der Waals surface area contributed by atoms with Crippen molar-refractivity contribution in [2.45, 2.75) is 65.2 Å². The molecular formula is C20H31NO4. The predicted molar refractivity (Wildman–Crippen MR) is 98.2 cm³/mol. The molecule has 0 aromatic heterocycles. The minimum Gasteiger partial charge on any atom is -0.457 e. The van der Waals surface area contributed by atoms with Gasteiger partial charge in [-0.2, -0.15) is 0 Å². The molecule has 25 heavy (non-hydrogen) atoms. The van der Waals surface area contributed by atoms with E-state index in [0.717, 1.165) is 5.56 Å². The normalized spacial score (nSPS) is 14.0. The van der Waals surface area contributed by atoms with Crippen molar-refractivity contribution in [1.29, 1.82) is 0 Å². The lowest BCUT2D eigenvalue weighted by Gasteiger charge is -2.25. The fraction of sp³-hybridized carbons (Fsp3) is 0.600. The number of benzene rings is 1. The van der Waals surface area contributed by atoms with Crippen molar-refractivity contribution in [2.75, 3.05) is 7.05 Å². The van der Waals surface area contributed by atoms with Crippen LogP contribution in [0.1, 0.15) is 46.6 Å². The third kappa shape index (κ3) is 8.16. The third-order valence-corrected chi connectivity index (χ3v) is 3.53. The molecule has 0 aliphatic rings.